The SMILES string of the molecule is Cc1ccc(F)cc1S(=O)(=O)N1CCc2c(ccnc2Nc2cnc3ccccc3c2)C1. The second-order valence-electron chi connectivity index (χ2n) is 7.84. The molecule has 0 radical (unpaired) electrons. The van der Waals surface area contributed by atoms with Crippen LogP contribution in [0, 0.1) is 12.7 Å². The van der Waals surface area contributed by atoms with Crippen molar-refractivity contribution in [1.29, 1.82) is 0 Å². The third-order valence-corrected chi connectivity index (χ3v) is 7.72. The van der Waals surface area contributed by atoms with Gasteiger partial charge in [0.2, 0.25) is 10.0 Å². The monoisotopic (exact) mass is 448 g/mol. The second kappa shape index (κ2) is 7.96. The number of hydrogen-bond acceptors (Lipinski definition) is 5. The molecular weight excluding hydrogens is 427 g/mol. The lowest BCUT2D eigenvalue weighted by Crippen LogP contribution is -2.36. The zero-order valence-corrected chi connectivity index (χ0v) is 18.2. The highest BCUT2D eigenvalue weighted by Gasteiger charge is 2.31. The lowest BCUT2D eigenvalue weighted by molar-refractivity contribution is 0.390. The van der Waals surface area contributed by atoms with E-state index in [-0.39, 0.29) is 11.4 Å². The first-order valence-electron chi connectivity index (χ1n) is 10.3. The molecule has 0 atom stereocenters. The van der Waals surface area contributed by atoms with E-state index in [2.05, 4.69) is 15.3 Å². The number of nitrogens with zero attached hydrogens (tertiary/aromatic N) is 3. The molecule has 0 saturated carbocycles. The zero-order valence-electron chi connectivity index (χ0n) is 17.4. The summed E-state index contributed by atoms with van der Waals surface area (Å²) in [5.41, 5.74) is 4.10. The highest BCUT2D eigenvalue weighted by atomic mass is 32.2. The Labute approximate surface area is 185 Å². The first-order chi connectivity index (χ1) is 15.4. The molecule has 1 aliphatic rings. The molecule has 0 amide bonds. The van der Waals surface area contributed by atoms with Crippen molar-refractivity contribution in [3.05, 3.63) is 89.5 Å². The number of para-hydroxylation sites is 1. The molecule has 0 unspecified atom stereocenters. The molecule has 0 saturated heterocycles. The highest BCUT2D eigenvalue weighted by Crippen LogP contribution is 2.31. The van der Waals surface area contributed by atoms with Crippen LogP contribution in [0.25, 0.3) is 10.9 Å². The Hall–Kier alpha value is -3.36. The minimum Gasteiger partial charge on any atom is -0.339 e. The number of aromatic nitrogens is 2. The average Bonchev–Trinajstić information content (AvgIpc) is 2.80. The molecule has 32 heavy (non-hydrogen) atoms. The van der Waals surface area contributed by atoms with Gasteiger partial charge in [-0.2, -0.15) is 4.31 Å². The molecule has 1 N–H and O–H groups in total. The van der Waals surface area contributed by atoms with Crippen LogP contribution >= 0.6 is 0 Å². The number of rotatable bonds is 4. The van der Waals surface area contributed by atoms with E-state index in [4.69, 9.17) is 0 Å². The predicted octanol–water partition coefficient (Wildman–Crippen LogP) is 4.57. The van der Waals surface area contributed by atoms with Gasteiger partial charge in [-0.05, 0) is 54.8 Å². The summed E-state index contributed by atoms with van der Waals surface area (Å²) in [7, 11) is -3.81. The van der Waals surface area contributed by atoms with Crippen LogP contribution in [-0.4, -0.2) is 29.2 Å². The number of hydrogen-bond donors (Lipinski definition) is 1. The topological polar surface area (TPSA) is 75.2 Å². The summed E-state index contributed by atoms with van der Waals surface area (Å²) in [6, 6.07) is 15.6. The summed E-state index contributed by atoms with van der Waals surface area (Å²) >= 11 is 0. The molecule has 4 aromatic rings. The number of fused-ring (bicyclic) bond motifs is 2. The Morgan fingerprint density at radius 3 is 2.78 bits per heavy atom. The van der Waals surface area contributed by atoms with E-state index in [1.807, 2.05) is 36.4 Å². The molecule has 5 rings (SSSR count). The van der Waals surface area contributed by atoms with E-state index in [0.717, 1.165) is 33.8 Å². The van der Waals surface area contributed by atoms with Gasteiger partial charge < -0.3 is 5.32 Å². The van der Waals surface area contributed by atoms with Crippen LogP contribution in [0.2, 0.25) is 0 Å². The quantitative estimate of drug-likeness (QED) is 0.495. The lowest BCUT2D eigenvalue weighted by Gasteiger charge is -2.29. The van der Waals surface area contributed by atoms with Crippen molar-refractivity contribution in [1.82, 2.24) is 14.3 Å². The summed E-state index contributed by atoms with van der Waals surface area (Å²) < 4.78 is 41.5. The van der Waals surface area contributed by atoms with Gasteiger partial charge in [0, 0.05) is 30.2 Å². The van der Waals surface area contributed by atoms with Crippen molar-refractivity contribution >= 4 is 32.4 Å². The molecule has 0 aliphatic carbocycles. The maximum atomic E-state index is 13.7. The Bertz CT molecular complexity index is 1440. The molecule has 0 bridgehead atoms. The van der Waals surface area contributed by atoms with Crippen molar-refractivity contribution < 1.29 is 12.8 Å². The fourth-order valence-corrected chi connectivity index (χ4v) is 5.70. The van der Waals surface area contributed by atoms with Crippen LogP contribution in [0.3, 0.4) is 0 Å². The number of halogens is 1. The van der Waals surface area contributed by atoms with Gasteiger partial charge in [0.25, 0.3) is 0 Å². The molecular formula is C24H21FN4O2S. The molecule has 6 nitrogen and oxygen atoms in total. The predicted molar refractivity (Wildman–Crippen MR) is 122 cm³/mol. The van der Waals surface area contributed by atoms with Gasteiger partial charge in [0.05, 0.1) is 22.3 Å². The summed E-state index contributed by atoms with van der Waals surface area (Å²) in [6.45, 7) is 2.18. The van der Waals surface area contributed by atoms with E-state index in [0.29, 0.717) is 24.3 Å². The zero-order chi connectivity index (χ0) is 22.3. The fraction of sp³-hybridized carbons (Fsp3) is 0.167. The third-order valence-electron chi connectivity index (χ3n) is 5.73. The average molecular weight is 449 g/mol. The summed E-state index contributed by atoms with van der Waals surface area (Å²) in [6.07, 6.45) is 3.93. The highest BCUT2D eigenvalue weighted by molar-refractivity contribution is 7.89. The molecule has 8 heteroatoms. The van der Waals surface area contributed by atoms with Gasteiger partial charge in [-0.3, -0.25) is 4.98 Å². The van der Waals surface area contributed by atoms with Gasteiger partial charge >= 0.3 is 0 Å². The number of pyridine rings is 2. The van der Waals surface area contributed by atoms with Crippen LogP contribution in [0.15, 0.2) is 71.9 Å². The van der Waals surface area contributed by atoms with Crippen LogP contribution in [0.4, 0.5) is 15.9 Å². The van der Waals surface area contributed by atoms with E-state index in [1.165, 1.54) is 16.4 Å². The Morgan fingerprint density at radius 1 is 1.06 bits per heavy atom. The first kappa shape index (κ1) is 20.5. The van der Waals surface area contributed by atoms with Crippen LogP contribution in [0.5, 0.6) is 0 Å². The van der Waals surface area contributed by atoms with Crippen molar-refractivity contribution in [2.75, 3.05) is 11.9 Å². The molecule has 1 aliphatic heterocycles. The Balaban J connectivity index is 1.43. The van der Waals surface area contributed by atoms with Gasteiger partial charge in [-0.25, -0.2) is 17.8 Å². The maximum Gasteiger partial charge on any atom is 0.243 e. The number of sulfonamides is 1. The van der Waals surface area contributed by atoms with Crippen molar-refractivity contribution in [3.63, 3.8) is 0 Å². The van der Waals surface area contributed by atoms with Gasteiger partial charge in [-0.15, -0.1) is 0 Å². The van der Waals surface area contributed by atoms with Crippen molar-refractivity contribution in [3.8, 4) is 0 Å². The summed E-state index contributed by atoms with van der Waals surface area (Å²) in [5.74, 6) is 0.129. The van der Waals surface area contributed by atoms with Crippen molar-refractivity contribution in [2.45, 2.75) is 24.8 Å². The molecule has 0 spiro atoms. The molecule has 3 heterocycles. The van der Waals surface area contributed by atoms with Crippen LogP contribution in [0.1, 0.15) is 16.7 Å². The molecule has 162 valence electrons. The Kier molecular flexibility index (Phi) is 5.11. The van der Waals surface area contributed by atoms with E-state index >= 15 is 0 Å². The number of benzene rings is 2. The minimum atomic E-state index is -3.81. The third kappa shape index (κ3) is 3.72. The van der Waals surface area contributed by atoms with E-state index in [1.54, 1.807) is 19.3 Å². The van der Waals surface area contributed by atoms with E-state index in [9.17, 15) is 12.8 Å². The van der Waals surface area contributed by atoms with Crippen LogP contribution < -0.4 is 5.32 Å². The Morgan fingerprint density at radius 2 is 1.91 bits per heavy atom. The summed E-state index contributed by atoms with van der Waals surface area (Å²) in [5, 5.41) is 4.35. The maximum absolute atomic E-state index is 13.7. The van der Waals surface area contributed by atoms with Crippen molar-refractivity contribution in [2.24, 2.45) is 0 Å². The molecule has 2 aromatic heterocycles. The number of anilines is 2. The lowest BCUT2D eigenvalue weighted by atomic mass is 10.0. The molecule has 2 aromatic carbocycles. The minimum absolute atomic E-state index is 0.00981. The smallest absolute Gasteiger partial charge is 0.243 e. The second-order valence-corrected chi connectivity index (χ2v) is 9.74. The number of aryl methyl sites for hydroxylation is 1. The standard InChI is InChI=1S/C24H21FN4O2S/c1-16-6-7-19(25)13-23(16)32(30,31)29-11-9-21-18(15-29)8-10-26-24(21)28-20-12-17-4-2-3-5-22(17)27-14-20/h2-8,10,12-14H,9,11,15H2,1H3,(H,26,28). The fourth-order valence-electron chi connectivity index (χ4n) is 4.04. The summed E-state index contributed by atoms with van der Waals surface area (Å²) in [4.78, 5) is 8.97. The largest absolute Gasteiger partial charge is 0.339 e. The molecule has 0 fully saturated rings. The van der Waals surface area contributed by atoms with Gasteiger partial charge in [-0.1, -0.05) is 24.3 Å². The van der Waals surface area contributed by atoms with E-state index < -0.39 is 15.8 Å². The van der Waals surface area contributed by atoms with Crippen LogP contribution in [-0.2, 0) is 23.0 Å². The van der Waals surface area contributed by atoms with Gasteiger partial charge in [0.1, 0.15) is 11.6 Å². The van der Waals surface area contributed by atoms with Gasteiger partial charge in [0.15, 0.2) is 0 Å². The number of nitrogens with one attached hydrogen (secondary N) is 1. The normalized spacial score (nSPS) is 14.3. The first-order valence-corrected chi connectivity index (χ1v) is 11.7.